The van der Waals surface area contributed by atoms with E-state index in [2.05, 4.69) is 15.9 Å². The highest BCUT2D eigenvalue weighted by atomic mass is 79.9. The highest BCUT2D eigenvalue weighted by molar-refractivity contribution is 9.10. The van der Waals surface area contributed by atoms with Crippen molar-refractivity contribution in [1.29, 1.82) is 0 Å². The first-order valence-electron chi connectivity index (χ1n) is 5.41. The lowest BCUT2D eigenvalue weighted by Gasteiger charge is -2.28. The predicted molar refractivity (Wildman–Crippen MR) is 65.8 cm³/mol. The van der Waals surface area contributed by atoms with Gasteiger partial charge >= 0.3 is 0 Å². The Morgan fingerprint density at radius 2 is 2.18 bits per heavy atom. The van der Waals surface area contributed by atoms with Gasteiger partial charge in [-0.2, -0.15) is 0 Å². The second kappa shape index (κ2) is 4.20. The molecule has 1 N–H and O–H groups in total. The van der Waals surface area contributed by atoms with Crippen molar-refractivity contribution in [1.82, 2.24) is 0 Å². The molecule has 0 fully saturated rings. The van der Waals surface area contributed by atoms with Gasteiger partial charge in [0.2, 0.25) is 0 Å². The molecule has 0 spiro atoms. The third-order valence-corrected chi connectivity index (χ3v) is 3.39. The molecule has 4 heteroatoms. The maximum atomic E-state index is 10.1. The zero-order chi connectivity index (χ0) is 11.8. The van der Waals surface area contributed by atoms with E-state index in [1.807, 2.05) is 30.3 Å². The Hall–Kier alpha value is -1.26. The molecule has 3 rings (SSSR count). The van der Waals surface area contributed by atoms with Gasteiger partial charge in [0.25, 0.3) is 0 Å². The highest BCUT2D eigenvalue weighted by Crippen LogP contribution is 2.41. The number of ether oxygens (including phenoxy) is 1. The Balaban J connectivity index is 1.97. The zero-order valence-electron chi connectivity index (χ0n) is 8.97. The van der Waals surface area contributed by atoms with E-state index in [4.69, 9.17) is 9.15 Å². The molecule has 1 aromatic carbocycles. The number of hydrogen-bond donors (Lipinski definition) is 1. The molecule has 2 aromatic rings. The minimum Gasteiger partial charge on any atom is -0.482 e. The summed E-state index contributed by atoms with van der Waals surface area (Å²) >= 11 is 3.39. The fourth-order valence-electron chi connectivity index (χ4n) is 2.07. The molecule has 2 heterocycles. The number of aliphatic hydroxyl groups excluding tert-OH is 1. The molecular formula is C13H11BrO3. The minimum absolute atomic E-state index is 0.221. The van der Waals surface area contributed by atoms with E-state index in [0.29, 0.717) is 12.2 Å². The number of halogens is 1. The first-order chi connectivity index (χ1) is 8.24. The van der Waals surface area contributed by atoms with Crippen LogP contribution >= 0.6 is 15.9 Å². The molecule has 2 atom stereocenters. The number of aliphatic hydroxyl groups is 1. The van der Waals surface area contributed by atoms with Crippen LogP contribution in [0.2, 0.25) is 0 Å². The first-order valence-corrected chi connectivity index (χ1v) is 6.21. The summed E-state index contributed by atoms with van der Waals surface area (Å²) in [5, 5.41) is 10.1. The number of benzene rings is 1. The summed E-state index contributed by atoms with van der Waals surface area (Å²) in [6.45, 7) is 0. The summed E-state index contributed by atoms with van der Waals surface area (Å²) in [6, 6.07) is 9.33. The van der Waals surface area contributed by atoms with Crippen LogP contribution in [0.25, 0.3) is 0 Å². The molecule has 1 aliphatic rings. The van der Waals surface area contributed by atoms with Crippen molar-refractivity contribution in [3.63, 3.8) is 0 Å². The maximum absolute atomic E-state index is 10.1. The maximum Gasteiger partial charge on any atom is 0.159 e. The molecule has 0 saturated heterocycles. The lowest BCUT2D eigenvalue weighted by Crippen LogP contribution is -2.18. The van der Waals surface area contributed by atoms with E-state index >= 15 is 0 Å². The van der Waals surface area contributed by atoms with Gasteiger partial charge in [0.1, 0.15) is 11.5 Å². The van der Waals surface area contributed by atoms with Crippen LogP contribution in [0, 0.1) is 0 Å². The van der Waals surface area contributed by atoms with E-state index in [-0.39, 0.29) is 6.10 Å². The quantitative estimate of drug-likeness (QED) is 0.874. The monoisotopic (exact) mass is 294 g/mol. The summed E-state index contributed by atoms with van der Waals surface area (Å²) in [6.07, 6.45) is 1.40. The van der Waals surface area contributed by atoms with Gasteiger partial charge < -0.3 is 14.3 Å². The predicted octanol–water partition coefficient (Wildman–Crippen LogP) is 3.60. The Kier molecular flexibility index (Phi) is 2.68. The molecule has 0 saturated carbocycles. The first kappa shape index (κ1) is 10.9. The van der Waals surface area contributed by atoms with Crippen molar-refractivity contribution in [3.8, 4) is 5.75 Å². The lowest BCUT2D eigenvalue weighted by atomic mass is 9.98. The molecule has 0 aliphatic carbocycles. The fourth-order valence-corrected chi connectivity index (χ4v) is 2.41. The van der Waals surface area contributed by atoms with E-state index in [1.54, 1.807) is 6.26 Å². The largest absolute Gasteiger partial charge is 0.482 e. The van der Waals surface area contributed by atoms with Gasteiger partial charge in [-0.3, -0.25) is 0 Å². The van der Waals surface area contributed by atoms with Crippen LogP contribution < -0.4 is 4.74 Å². The summed E-state index contributed by atoms with van der Waals surface area (Å²) in [7, 11) is 0. The van der Waals surface area contributed by atoms with Crippen LogP contribution in [0.15, 0.2) is 45.5 Å². The molecule has 0 bridgehead atoms. The Bertz CT molecular complexity index is 521. The molecule has 17 heavy (non-hydrogen) atoms. The van der Waals surface area contributed by atoms with Gasteiger partial charge in [-0.1, -0.05) is 22.0 Å². The Labute approximate surface area is 107 Å². The van der Waals surface area contributed by atoms with Crippen molar-refractivity contribution >= 4 is 15.9 Å². The SMILES string of the molecule is O[C@@H]1C[C@H](c2ccco2)Oc2cc(Br)ccc21. The second-order valence-corrected chi connectivity index (χ2v) is 4.97. The topological polar surface area (TPSA) is 42.6 Å². The van der Waals surface area contributed by atoms with Gasteiger partial charge in [-0.15, -0.1) is 0 Å². The van der Waals surface area contributed by atoms with E-state index in [1.165, 1.54) is 0 Å². The summed E-state index contributed by atoms with van der Waals surface area (Å²) in [4.78, 5) is 0. The Morgan fingerprint density at radius 3 is 2.94 bits per heavy atom. The second-order valence-electron chi connectivity index (χ2n) is 4.06. The van der Waals surface area contributed by atoms with E-state index in [0.717, 1.165) is 15.8 Å². The molecule has 0 unspecified atom stereocenters. The van der Waals surface area contributed by atoms with Crippen LogP contribution in [-0.4, -0.2) is 5.11 Å². The molecular weight excluding hydrogens is 284 g/mol. The van der Waals surface area contributed by atoms with Gasteiger partial charge in [0.05, 0.1) is 12.4 Å². The fraction of sp³-hybridized carbons (Fsp3) is 0.231. The third kappa shape index (κ3) is 1.98. The van der Waals surface area contributed by atoms with Crippen LogP contribution in [-0.2, 0) is 0 Å². The Morgan fingerprint density at radius 1 is 1.29 bits per heavy atom. The molecule has 0 radical (unpaired) electrons. The van der Waals surface area contributed by atoms with Gasteiger partial charge in [0.15, 0.2) is 6.10 Å². The van der Waals surface area contributed by atoms with Crippen LogP contribution in [0.3, 0.4) is 0 Å². The average molecular weight is 295 g/mol. The van der Waals surface area contributed by atoms with Gasteiger partial charge in [-0.25, -0.2) is 0 Å². The smallest absolute Gasteiger partial charge is 0.159 e. The third-order valence-electron chi connectivity index (χ3n) is 2.90. The highest BCUT2D eigenvalue weighted by Gasteiger charge is 2.29. The van der Waals surface area contributed by atoms with Crippen molar-refractivity contribution in [3.05, 3.63) is 52.4 Å². The van der Waals surface area contributed by atoms with Crippen molar-refractivity contribution in [2.75, 3.05) is 0 Å². The summed E-state index contributed by atoms with van der Waals surface area (Å²) < 4.78 is 12.1. The number of rotatable bonds is 1. The average Bonchev–Trinajstić information content (AvgIpc) is 2.81. The number of furan rings is 1. The number of hydrogen-bond acceptors (Lipinski definition) is 3. The standard InChI is InChI=1S/C13H11BrO3/c14-8-3-4-9-10(15)7-13(17-12(9)6-8)11-2-1-5-16-11/h1-6,10,13,15H,7H2/t10-,13-/m1/s1. The number of fused-ring (bicyclic) bond motifs is 1. The van der Waals surface area contributed by atoms with E-state index < -0.39 is 6.10 Å². The van der Waals surface area contributed by atoms with Gasteiger partial charge in [0, 0.05) is 16.5 Å². The zero-order valence-corrected chi connectivity index (χ0v) is 10.6. The molecule has 3 nitrogen and oxygen atoms in total. The van der Waals surface area contributed by atoms with Crippen LogP contribution in [0.4, 0.5) is 0 Å². The lowest BCUT2D eigenvalue weighted by molar-refractivity contribution is 0.0546. The van der Waals surface area contributed by atoms with Crippen molar-refractivity contribution in [2.45, 2.75) is 18.6 Å². The van der Waals surface area contributed by atoms with Crippen LogP contribution in [0.5, 0.6) is 5.75 Å². The van der Waals surface area contributed by atoms with Crippen molar-refractivity contribution < 1.29 is 14.3 Å². The summed E-state index contributed by atoms with van der Waals surface area (Å²) in [5.74, 6) is 1.45. The van der Waals surface area contributed by atoms with Gasteiger partial charge in [-0.05, 0) is 24.3 Å². The normalized spacial score (nSPS) is 22.9. The minimum atomic E-state index is -0.512. The summed E-state index contributed by atoms with van der Waals surface area (Å²) in [5.41, 5.74) is 0.830. The van der Waals surface area contributed by atoms with Crippen LogP contribution in [0.1, 0.15) is 30.0 Å². The molecule has 88 valence electrons. The van der Waals surface area contributed by atoms with Crippen molar-refractivity contribution in [2.24, 2.45) is 0 Å². The molecule has 1 aromatic heterocycles. The molecule has 0 amide bonds. The van der Waals surface area contributed by atoms with E-state index in [9.17, 15) is 5.11 Å². The molecule has 1 aliphatic heterocycles.